The molecular weight excluding hydrogens is 310 g/mol. The highest BCUT2D eigenvalue weighted by atomic mass is 35.5. The smallest absolute Gasteiger partial charge is 0.387 e. The fraction of sp³-hybridized carbons (Fsp3) is 0.167. The third-order valence-corrected chi connectivity index (χ3v) is 3.34. The van der Waals surface area contributed by atoms with Crippen molar-refractivity contribution in [2.75, 3.05) is 5.32 Å². The van der Waals surface area contributed by atoms with Crippen LogP contribution in [0.1, 0.15) is 16.1 Å². The summed E-state index contributed by atoms with van der Waals surface area (Å²) in [5, 5.41) is 4.55. The van der Waals surface area contributed by atoms with Gasteiger partial charge in [-0.3, -0.25) is 10.1 Å². The van der Waals surface area contributed by atoms with E-state index < -0.39 is 12.5 Å². The number of carbonyl (C=O) groups is 1. The lowest BCUT2D eigenvalue weighted by Gasteiger charge is -2.09. The maximum absolute atomic E-state index is 12.3. The summed E-state index contributed by atoms with van der Waals surface area (Å²) >= 11 is 6.80. The number of para-hydroxylation sites is 1. The second-order valence-corrected chi connectivity index (χ2v) is 4.73. The largest absolute Gasteiger partial charge is 0.434 e. The van der Waals surface area contributed by atoms with Crippen LogP contribution in [0.25, 0.3) is 0 Å². The molecular formula is C12H9ClF2N2O2S. The first kappa shape index (κ1) is 14.7. The van der Waals surface area contributed by atoms with E-state index in [0.29, 0.717) is 10.8 Å². The van der Waals surface area contributed by atoms with Crippen LogP contribution in [0.15, 0.2) is 29.6 Å². The molecule has 0 unspecified atom stereocenters. The Hall–Kier alpha value is -1.73. The van der Waals surface area contributed by atoms with Gasteiger partial charge in [-0.05, 0) is 12.1 Å². The highest BCUT2D eigenvalue weighted by Gasteiger charge is 2.16. The van der Waals surface area contributed by atoms with Gasteiger partial charge in [-0.15, -0.1) is 22.9 Å². The third-order valence-electron chi connectivity index (χ3n) is 2.26. The van der Waals surface area contributed by atoms with Crippen LogP contribution in [0, 0.1) is 0 Å². The minimum Gasteiger partial charge on any atom is -0.434 e. The van der Waals surface area contributed by atoms with Crippen LogP contribution in [0.2, 0.25) is 0 Å². The third kappa shape index (κ3) is 3.64. The van der Waals surface area contributed by atoms with Crippen LogP contribution in [0.5, 0.6) is 5.75 Å². The lowest BCUT2D eigenvalue weighted by Crippen LogP contribution is -2.14. The molecule has 0 spiro atoms. The maximum Gasteiger partial charge on any atom is 0.387 e. The zero-order chi connectivity index (χ0) is 14.5. The van der Waals surface area contributed by atoms with Crippen molar-refractivity contribution >= 4 is 34.0 Å². The summed E-state index contributed by atoms with van der Waals surface area (Å²) in [4.78, 5) is 16.1. The Labute approximate surface area is 122 Å². The van der Waals surface area contributed by atoms with Crippen molar-refractivity contribution < 1.29 is 18.3 Å². The SMILES string of the molecule is O=C(Nc1nc(CCl)cs1)c1ccccc1OC(F)F. The molecule has 8 heteroatoms. The van der Waals surface area contributed by atoms with E-state index in [9.17, 15) is 13.6 Å². The summed E-state index contributed by atoms with van der Waals surface area (Å²) in [6, 6.07) is 5.75. The number of carbonyl (C=O) groups excluding carboxylic acids is 1. The average molecular weight is 319 g/mol. The number of hydrogen-bond acceptors (Lipinski definition) is 4. The molecule has 2 rings (SSSR count). The number of amides is 1. The van der Waals surface area contributed by atoms with E-state index in [4.69, 9.17) is 11.6 Å². The summed E-state index contributed by atoms with van der Waals surface area (Å²) < 4.78 is 28.8. The molecule has 1 aromatic carbocycles. The van der Waals surface area contributed by atoms with Crippen LogP contribution in [0.4, 0.5) is 13.9 Å². The fourth-order valence-corrected chi connectivity index (χ4v) is 2.38. The zero-order valence-electron chi connectivity index (χ0n) is 9.98. The number of nitrogens with zero attached hydrogens (tertiary/aromatic N) is 1. The highest BCUT2D eigenvalue weighted by Crippen LogP contribution is 2.23. The van der Waals surface area contributed by atoms with Gasteiger partial charge in [-0.1, -0.05) is 12.1 Å². The van der Waals surface area contributed by atoms with Gasteiger partial charge in [0.25, 0.3) is 5.91 Å². The Balaban J connectivity index is 2.16. The van der Waals surface area contributed by atoms with E-state index in [-0.39, 0.29) is 17.2 Å². The Morgan fingerprint density at radius 1 is 1.45 bits per heavy atom. The Kier molecular flexibility index (Phi) is 4.86. The van der Waals surface area contributed by atoms with Gasteiger partial charge >= 0.3 is 6.61 Å². The summed E-state index contributed by atoms with van der Waals surface area (Å²) in [5.41, 5.74) is 0.638. The number of aromatic nitrogens is 1. The summed E-state index contributed by atoms with van der Waals surface area (Å²) in [5.74, 6) is -0.525. The van der Waals surface area contributed by atoms with Crippen LogP contribution in [0.3, 0.4) is 0 Å². The molecule has 1 aromatic heterocycles. The quantitative estimate of drug-likeness (QED) is 0.854. The molecule has 4 nitrogen and oxygen atoms in total. The second-order valence-electron chi connectivity index (χ2n) is 3.61. The van der Waals surface area contributed by atoms with Gasteiger partial charge < -0.3 is 4.74 Å². The van der Waals surface area contributed by atoms with E-state index in [1.807, 2.05) is 0 Å². The number of nitrogens with one attached hydrogen (secondary N) is 1. The normalized spacial score (nSPS) is 10.6. The van der Waals surface area contributed by atoms with Crippen molar-refractivity contribution in [3.05, 3.63) is 40.9 Å². The molecule has 0 aliphatic heterocycles. The number of alkyl halides is 3. The molecule has 0 aliphatic rings. The topological polar surface area (TPSA) is 51.2 Å². The second kappa shape index (κ2) is 6.62. The van der Waals surface area contributed by atoms with Crippen molar-refractivity contribution in [2.24, 2.45) is 0 Å². The highest BCUT2D eigenvalue weighted by molar-refractivity contribution is 7.14. The fourth-order valence-electron chi connectivity index (χ4n) is 1.44. The first-order chi connectivity index (χ1) is 9.60. The first-order valence-corrected chi connectivity index (χ1v) is 6.87. The van der Waals surface area contributed by atoms with Crippen LogP contribution >= 0.6 is 22.9 Å². The minimum absolute atomic E-state index is 0.00965. The van der Waals surface area contributed by atoms with Gasteiger partial charge in [0.15, 0.2) is 5.13 Å². The number of ether oxygens (including phenoxy) is 1. The number of benzene rings is 1. The van der Waals surface area contributed by atoms with Crippen molar-refractivity contribution in [3.63, 3.8) is 0 Å². The number of thiazole rings is 1. The van der Waals surface area contributed by atoms with E-state index in [0.717, 1.165) is 0 Å². The lowest BCUT2D eigenvalue weighted by molar-refractivity contribution is -0.0501. The Morgan fingerprint density at radius 3 is 2.85 bits per heavy atom. The molecule has 0 saturated heterocycles. The van der Waals surface area contributed by atoms with Gasteiger partial charge in [0.05, 0.1) is 17.1 Å². The monoisotopic (exact) mass is 318 g/mol. The summed E-state index contributed by atoms with van der Waals surface area (Å²) in [6.45, 7) is -2.99. The molecule has 0 aliphatic carbocycles. The van der Waals surface area contributed by atoms with Crippen molar-refractivity contribution in [3.8, 4) is 5.75 Å². The first-order valence-electron chi connectivity index (χ1n) is 5.45. The summed E-state index contributed by atoms with van der Waals surface area (Å²) in [7, 11) is 0. The van der Waals surface area contributed by atoms with Crippen molar-refractivity contribution in [2.45, 2.75) is 12.5 Å². The van der Waals surface area contributed by atoms with Crippen molar-refractivity contribution in [1.82, 2.24) is 4.98 Å². The molecule has 1 N–H and O–H groups in total. The lowest BCUT2D eigenvalue weighted by atomic mass is 10.2. The van der Waals surface area contributed by atoms with Crippen LogP contribution in [-0.2, 0) is 5.88 Å². The molecule has 0 radical (unpaired) electrons. The molecule has 106 valence electrons. The van der Waals surface area contributed by atoms with E-state index in [1.54, 1.807) is 11.4 Å². The maximum atomic E-state index is 12.3. The predicted molar refractivity (Wildman–Crippen MR) is 72.7 cm³/mol. The molecule has 1 amide bonds. The molecule has 20 heavy (non-hydrogen) atoms. The Bertz CT molecular complexity index is 607. The summed E-state index contributed by atoms with van der Waals surface area (Å²) in [6.07, 6.45) is 0. The van der Waals surface area contributed by atoms with Gasteiger partial charge in [0, 0.05) is 5.38 Å². The van der Waals surface area contributed by atoms with Crippen LogP contribution in [-0.4, -0.2) is 17.5 Å². The molecule has 0 saturated carbocycles. The molecule has 1 heterocycles. The standard InChI is InChI=1S/C12H9ClF2N2O2S/c13-5-7-6-20-12(16-7)17-10(18)8-3-1-2-4-9(8)19-11(14)15/h1-4,6,11H,5H2,(H,16,17,18). The Morgan fingerprint density at radius 2 is 2.20 bits per heavy atom. The van der Waals surface area contributed by atoms with E-state index in [1.165, 1.54) is 29.5 Å². The molecule has 2 aromatic rings. The van der Waals surface area contributed by atoms with Gasteiger partial charge in [-0.2, -0.15) is 8.78 Å². The number of halogens is 3. The van der Waals surface area contributed by atoms with Gasteiger partial charge in [0.2, 0.25) is 0 Å². The minimum atomic E-state index is -2.99. The van der Waals surface area contributed by atoms with Gasteiger partial charge in [-0.25, -0.2) is 4.98 Å². The number of rotatable bonds is 5. The van der Waals surface area contributed by atoms with E-state index in [2.05, 4.69) is 15.0 Å². The number of hydrogen-bond donors (Lipinski definition) is 1. The number of anilines is 1. The van der Waals surface area contributed by atoms with Crippen molar-refractivity contribution in [1.29, 1.82) is 0 Å². The molecule has 0 fully saturated rings. The van der Waals surface area contributed by atoms with Crippen LogP contribution < -0.4 is 10.1 Å². The predicted octanol–water partition coefficient (Wildman–Crippen LogP) is 3.74. The molecule has 0 bridgehead atoms. The van der Waals surface area contributed by atoms with E-state index >= 15 is 0 Å². The van der Waals surface area contributed by atoms with Gasteiger partial charge in [0.1, 0.15) is 5.75 Å². The molecule has 0 atom stereocenters. The zero-order valence-corrected chi connectivity index (χ0v) is 11.5. The average Bonchev–Trinajstić information content (AvgIpc) is 2.86.